The topological polar surface area (TPSA) is 12.0 Å². The second-order valence-corrected chi connectivity index (χ2v) is 3.66. The van der Waals surface area contributed by atoms with Crippen molar-refractivity contribution in [1.29, 1.82) is 0 Å². The van der Waals surface area contributed by atoms with Gasteiger partial charge in [0.15, 0.2) is 0 Å². The molecule has 0 saturated heterocycles. The predicted molar refractivity (Wildman–Crippen MR) is 62.2 cm³/mol. The molecule has 0 radical (unpaired) electrons. The van der Waals surface area contributed by atoms with Crippen LogP contribution < -0.4 is 5.32 Å². The number of nitrogens with one attached hydrogen (secondary N) is 1. The largest absolute Gasteiger partial charge is 0.310 e. The Morgan fingerprint density at radius 3 is 3.00 bits per heavy atom. The third-order valence-electron chi connectivity index (χ3n) is 2.38. The summed E-state index contributed by atoms with van der Waals surface area (Å²) in [6.07, 6.45) is 4.00. The van der Waals surface area contributed by atoms with E-state index in [4.69, 9.17) is 0 Å². The van der Waals surface area contributed by atoms with E-state index in [-0.39, 0.29) is 11.9 Å². The lowest BCUT2D eigenvalue weighted by molar-refractivity contribution is 0.554. The molecule has 1 unspecified atom stereocenters. The lowest BCUT2D eigenvalue weighted by Crippen LogP contribution is -2.19. The Labute approximate surface area is 91.0 Å². The van der Waals surface area contributed by atoms with E-state index in [0.717, 1.165) is 24.9 Å². The molecule has 0 bridgehead atoms. The molecule has 2 heteroatoms. The van der Waals surface area contributed by atoms with Crippen LogP contribution in [0.1, 0.15) is 31.4 Å². The maximum Gasteiger partial charge on any atom is 0.123 e. The molecule has 0 spiro atoms. The quantitative estimate of drug-likeness (QED) is 0.556. The van der Waals surface area contributed by atoms with Gasteiger partial charge in [-0.15, -0.1) is 6.58 Å². The molecule has 1 rings (SSSR count). The number of hydrogen-bond acceptors (Lipinski definition) is 1. The van der Waals surface area contributed by atoms with Crippen LogP contribution in [0, 0.1) is 5.82 Å². The molecule has 0 aromatic heterocycles. The zero-order valence-corrected chi connectivity index (χ0v) is 9.17. The van der Waals surface area contributed by atoms with Gasteiger partial charge < -0.3 is 5.32 Å². The number of halogens is 1. The van der Waals surface area contributed by atoms with Crippen LogP contribution in [0.4, 0.5) is 4.39 Å². The molecule has 82 valence electrons. The summed E-state index contributed by atoms with van der Waals surface area (Å²) in [5, 5.41) is 3.35. The minimum absolute atomic E-state index is 0.174. The molecule has 15 heavy (non-hydrogen) atoms. The van der Waals surface area contributed by atoms with Crippen LogP contribution in [0.25, 0.3) is 0 Å². The van der Waals surface area contributed by atoms with E-state index >= 15 is 0 Å². The first-order valence-corrected chi connectivity index (χ1v) is 5.34. The van der Waals surface area contributed by atoms with Gasteiger partial charge in [0.05, 0.1) is 0 Å². The summed E-state index contributed by atoms with van der Waals surface area (Å²) < 4.78 is 12.9. The van der Waals surface area contributed by atoms with Crippen molar-refractivity contribution in [2.24, 2.45) is 0 Å². The van der Waals surface area contributed by atoms with E-state index in [2.05, 4.69) is 11.9 Å². The summed E-state index contributed by atoms with van der Waals surface area (Å²) in [6, 6.07) is 6.92. The van der Waals surface area contributed by atoms with Gasteiger partial charge in [-0.3, -0.25) is 0 Å². The first kappa shape index (κ1) is 11.9. The lowest BCUT2D eigenvalue weighted by Gasteiger charge is -2.13. The van der Waals surface area contributed by atoms with Crippen LogP contribution in [-0.2, 0) is 0 Å². The molecule has 0 aliphatic rings. The summed E-state index contributed by atoms with van der Waals surface area (Å²) >= 11 is 0. The van der Waals surface area contributed by atoms with E-state index in [1.807, 2.05) is 19.1 Å². The molecule has 1 aromatic carbocycles. The Bertz CT molecular complexity index is 309. The third kappa shape index (κ3) is 4.26. The van der Waals surface area contributed by atoms with Gasteiger partial charge in [-0.25, -0.2) is 4.39 Å². The standard InChI is InChI=1S/C13H18FN/c1-3-4-5-9-15-11(2)12-7-6-8-13(14)10-12/h3,6-8,10-11,15H,1,4-5,9H2,2H3. The average molecular weight is 207 g/mol. The molecule has 0 fully saturated rings. The van der Waals surface area contributed by atoms with Crippen molar-refractivity contribution >= 4 is 0 Å². The third-order valence-corrected chi connectivity index (χ3v) is 2.38. The van der Waals surface area contributed by atoms with Crippen LogP contribution in [-0.4, -0.2) is 6.54 Å². The van der Waals surface area contributed by atoms with Gasteiger partial charge >= 0.3 is 0 Å². The van der Waals surface area contributed by atoms with Crippen LogP contribution in [0.5, 0.6) is 0 Å². The maximum atomic E-state index is 12.9. The van der Waals surface area contributed by atoms with Gasteiger partial charge in [-0.2, -0.15) is 0 Å². The minimum Gasteiger partial charge on any atom is -0.310 e. The van der Waals surface area contributed by atoms with Crippen LogP contribution in [0.3, 0.4) is 0 Å². The first-order chi connectivity index (χ1) is 7.24. The SMILES string of the molecule is C=CCCCNC(C)c1cccc(F)c1. The van der Waals surface area contributed by atoms with Gasteiger partial charge in [0.1, 0.15) is 5.82 Å². The highest BCUT2D eigenvalue weighted by Gasteiger charge is 2.04. The van der Waals surface area contributed by atoms with Crippen molar-refractivity contribution in [3.05, 3.63) is 48.3 Å². The molecule has 1 nitrogen and oxygen atoms in total. The van der Waals surface area contributed by atoms with E-state index in [1.165, 1.54) is 6.07 Å². The molecule has 0 aliphatic heterocycles. The highest BCUT2D eigenvalue weighted by molar-refractivity contribution is 5.19. The van der Waals surface area contributed by atoms with Gasteiger partial charge in [-0.1, -0.05) is 18.2 Å². The summed E-state index contributed by atoms with van der Waals surface area (Å²) in [7, 11) is 0. The number of rotatable bonds is 6. The number of hydrogen-bond donors (Lipinski definition) is 1. The van der Waals surface area contributed by atoms with Gasteiger partial charge in [0.2, 0.25) is 0 Å². The van der Waals surface area contributed by atoms with Crippen molar-refractivity contribution in [2.75, 3.05) is 6.54 Å². The van der Waals surface area contributed by atoms with E-state index in [0.29, 0.717) is 0 Å². The zero-order valence-electron chi connectivity index (χ0n) is 9.17. The summed E-state index contributed by atoms with van der Waals surface area (Å²) in [4.78, 5) is 0. The van der Waals surface area contributed by atoms with E-state index < -0.39 is 0 Å². The Balaban J connectivity index is 2.39. The molecule has 1 atom stereocenters. The molecule has 0 amide bonds. The second-order valence-electron chi connectivity index (χ2n) is 3.66. The van der Waals surface area contributed by atoms with Crippen molar-refractivity contribution < 1.29 is 4.39 Å². The van der Waals surface area contributed by atoms with Crippen molar-refractivity contribution in [3.63, 3.8) is 0 Å². The van der Waals surface area contributed by atoms with E-state index in [9.17, 15) is 4.39 Å². The molecule has 0 saturated carbocycles. The molecule has 1 aromatic rings. The fourth-order valence-corrected chi connectivity index (χ4v) is 1.46. The van der Waals surface area contributed by atoms with Crippen LogP contribution in [0.15, 0.2) is 36.9 Å². The first-order valence-electron chi connectivity index (χ1n) is 5.34. The Morgan fingerprint density at radius 2 is 2.33 bits per heavy atom. The average Bonchev–Trinajstić information content (AvgIpc) is 2.24. The Morgan fingerprint density at radius 1 is 1.53 bits per heavy atom. The number of unbranched alkanes of at least 4 members (excludes halogenated alkanes) is 1. The summed E-state index contributed by atoms with van der Waals surface area (Å²) in [6.45, 7) is 6.65. The van der Waals surface area contributed by atoms with Crippen molar-refractivity contribution in [3.8, 4) is 0 Å². The molecular formula is C13H18FN. The fourth-order valence-electron chi connectivity index (χ4n) is 1.46. The zero-order chi connectivity index (χ0) is 11.1. The van der Waals surface area contributed by atoms with Gasteiger partial charge in [-0.05, 0) is 44.0 Å². The number of benzene rings is 1. The normalized spacial score (nSPS) is 12.4. The van der Waals surface area contributed by atoms with Crippen molar-refractivity contribution in [1.82, 2.24) is 5.32 Å². The Kier molecular flexibility index (Phi) is 5.05. The smallest absolute Gasteiger partial charge is 0.123 e. The fraction of sp³-hybridized carbons (Fsp3) is 0.385. The Hall–Kier alpha value is -1.15. The highest BCUT2D eigenvalue weighted by atomic mass is 19.1. The highest BCUT2D eigenvalue weighted by Crippen LogP contribution is 2.13. The maximum absolute atomic E-state index is 12.9. The molecule has 1 N–H and O–H groups in total. The van der Waals surface area contributed by atoms with Gasteiger partial charge in [0, 0.05) is 6.04 Å². The predicted octanol–water partition coefficient (Wildman–Crippen LogP) is 3.44. The molecule has 0 heterocycles. The van der Waals surface area contributed by atoms with Crippen LogP contribution in [0.2, 0.25) is 0 Å². The molecular weight excluding hydrogens is 189 g/mol. The van der Waals surface area contributed by atoms with Crippen molar-refractivity contribution in [2.45, 2.75) is 25.8 Å². The van der Waals surface area contributed by atoms with Gasteiger partial charge in [0.25, 0.3) is 0 Å². The minimum atomic E-state index is -0.174. The number of allylic oxidation sites excluding steroid dienone is 1. The monoisotopic (exact) mass is 207 g/mol. The summed E-state index contributed by atoms with van der Waals surface area (Å²) in [5.41, 5.74) is 0.994. The lowest BCUT2D eigenvalue weighted by atomic mass is 10.1. The summed E-state index contributed by atoms with van der Waals surface area (Å²) in [5.74, 6) is -0.174. The molecule has 0 aliphatic carbocycles. The second kappa shape index (κ2) is 6.36. The van der Waals surface area contributed by atoms with E-state index in [1.54, 1.807) is 12.1 Å². The van der Waals surface area contributed by atoms with Crippen LogP contribution >= 0.6 is 0 Å².